The van der Waals surface area contributed by atoms with Crippen LogP contribution in [-0.2, 0) is 4.79 Å². The Morgan fingerprint density at radius 2 is 2.35 bits per heavy atom. The van der Waals surface area contributed by atoms with Gasteiger partial charge in [-0.15, -0.1) is 0 Å². The highest BCUT2D eigenvalue weighted by Gasteiger charge is 2.33. The summed E-state index contributed by atoms with van der Waals surface area (Å²) in [5.41, 5.74) is 6.15. The van der Waals surface area contributed by atoms with Crippen molar-refractivity contribution in [3.8, 4) is 0 Å². The molecule has 2 rings (SSSR count). The predicted octanol–water partition coefficient (Wildman–Crippen LogP) is 1.84. The van der Waals surface area contributed by atoms with Gasteiger partial charge in [-0.2, -0.15) is 0 Å². The van der Waals surface area contributed by atoms with Crippen molar-refractivity contribution in [3.05, 3.63) is 22.8 Å². The number of nitrogens with two attached hydrogens (primary N) is 1. The van der Waals surface area contributed by atoms with Crippen LogP contribution in [-0.4, -0.2) is 41.5 Å². The zero-order valence-corrected chi connectivity index (χ0v) is 13.5. The molecule has 20 heavy (non-hydrogen) atoms. The van der Waals surface area contributed by atoms with Gasteiger partial charge in [0.2, 0.25) is 5.91 Å². The maximum absolute atomic E-state index is 12.0. The highest BCUT2D eigenvalue weighted by atomic mass is 79.9. The molecule has 1 aliphatic rings. The fraction of sp³-hybridized carbons (Fsp3) is 0.571. The number of nitrogens with one attached hydrogen (secondary N) is 1. The molecule has 1 saturated heterocycles. The number of rotatable bonds is 3. The molecule has 110 valence electrons. The van der Waals surface area contributed by atoms with E-state index in [1.165, 1.54) is 0 Å². The minimum Gasteiger partial charge on any atom is -0.327 e. The van der Waals surface area contributed by atoms with Gasteiger partial charge in [0.05, 0.1) is 6.54 Å². The Morgan fingerprint density at radius 1 is 1.60 bits per heavy atom. The Labute approximate surface area is 128 Å². The Hall–Kier alpha value is -0.980. The molecule has 1 aromatic rings. The number of halogens is 1. The first-order valence-electron chi connectivity index (χ1n) is 6.76. The molecule has 6 heteroatoms. The summed E-state index contributed by atoms with van der Waals surface area (Å²) in [5.74, 6) is 0.539. The number of anilines is 1. The first-order valence-corrected chi connectivity index (χ1v) is 7.55. The standard InChI is InChI=1S/C14H21BrN4O/c1-14(2)9-19(6-5-11(14)16)8-13(20)18-12-4-3-10(15)7-17-12/h3-4,7,11H,5-6,8-9,16H2,1-2H3,(H,17,18,20). The van der Waals surface area contributed by atoms with Crippen LogP contribution in [0.2, 0.25) is 0 Å². The van der Waals surface area contributed by atoms with Crippen LogP contribution in [0.25, 0.3) is 0 Å². The van der Waals surface area contributed by atoms with Crippen LogP contribution < -0.4 is 11.1 Å². The molecule has 3 N–H and O–H groups in total. The van der Waals surface area contributed by atoms with Gasteiger partial charge in [-0.05, 0) is 39.9 Å². The summed E-state index contributed by atoms with van der Waals surface area (Å²) in [6.45, 7) is 6.39. The summed E-state index contributed by atoms with van der Waals surface area (Å²) >= 11 is 3.31. The molecule has 5 nitrogen and oxygen atoms in total. The minimum absolute atomic E-state index is 0.0360. The smallest absolute Gasteiger partial charge is 0.239 e. The molecule has 0 saturated carbocycles. The normalized spacial score (nSPS) is 22.5. The summed E-state index contributed by atoms with van der Waals surface area (Å²) < 4.78 is 0.891. The summed E-state index contributed by atoms with van der Waals surface area (Å²) in [6, 6.07) is 3.83. The predicted molar refractivity (Wildman–Crippen MR) is 83.4 cm³/mol. The third-order valence-corrected chi connectivity index (χ3v) is 4.22. The second kappa shape index (κ2) is 6.20. The Morgan fingerprint density at radius 3 is 2.95 bits per heavy atom. The van der Waals surface area contributed by atoms with Gasteiger partial charge in [0.25, 0.3) is 0 Å². The van der Waals surface area contributed by atoms with Crippen molar-refractivity contribution < 1.29 is 4.79 Å². The van der Waals surface area contributed by atoms with Crippen LogP contribution in [0.3, 0.4) is 0 Å². The van der Waals surface area contributed by atoms with Crippen LogP contribution in [0.15, 0.2) is 22.8 Å². The number of aromatic nitrogens is 1. The second-order valence-corrected chi connectivity index (χ2v) is 6.92. The number of carbonyl (C=O) groups is 1. The largest absolute Gasteiger partial charge is 0.327 e. The lowest BCUT2D eigenvalue weighted by Gasteiger charge is -2.42. The molecule has 0 aromatic carbocycles. The fourth-order valence-electron chi connectivity index (χ4n) is 2.46. The van der Waals surface area contributed by atoms with Crippen LogP contribution in [0.1, 0.15) is 20.3 Å². The van der Waals surface area contributed by atoms with Crippen molar-refractivity contribution in [1.82, 2.24) is 9.88 Å². The van der Waals surface area contributed by atoms with E-state index in [0.29, 0.717) is 12.4 Å². The van der Waals surface area contributed by atoms with Crippen molar-refractivity contribution in [2.24, 2.45) is 11.1 Å². The monoisotopic (exact) mass is 340 g/mol. The van der Waals surface area contributed by atoms with E-state index in [4.69, 9.17) is 5.73 Å². The number of pyridine rings is 1. The number of carbonyl (C=O) groups excluding carboxylic acids is 1. The van der Waals surface area contributed by atoms with Gasteiger partial charge in [-0.3, -0.25) is 9.69 Å². The molecule has 1 aliphatic heterocycles. The quantitative estimate of drug-likeness (QED) is 0.880. The zero-order chi connectivity index (χ0) is 14.8. The van der Waals surface area contributed by atoms with Crippen molar-refractivity contribution in [3.63, 3.8) is 0 Å². The summed E-state index contributed by atoms with van der Waals surface area (Å²) in [4.78, 5) is 18.3. The average molecular weight is 341 g/mol. The van der Waals surface area contributed by atoms with Gasteiger partial charge in [0.15, 0.2) is 0 Å². The topological polar surface area (TPSA) is 71.2 Å². The summed E-state index contributed by atoms with van der Waals surface area (Å²) in [6.07, 6.45) is 2.59. The van der Waals surface area contributed by atoms with Gasteiger partial charge < -0.3 is 11.1 Å². The molecule has 1 atom stereocenters. The maximum Gasteiger partial charge on any atom is 0.239 e. The molecule has 1 unspecified atom stereocenters. The molecular weight excluding hydrogens is 320 g/mol. The molecule has 2 heterocycles. The van der Waals surface area contributed by atoms with Gasteiger partial charge in [0, 0.05) is 29.8 Å². The zero-order valence-electron chi connectivity index (χ0n) is 11.9. The number of amides is 1. The van der Waals surface area contributed by atoms with Crippen molar-refractivity contribution in [1.29, 1.82) is 0 Å². The first-order chi connectivity index (χ1) is 9.37. The van der Waals surface area contributed by atoms with Crippen LogP contribution in [0.5, 0.6) is 0 Å². The lowest BCUT2D eigenvalue weighted by atomic mass is 9.80. The van der Waals surface area contributed by atoms with E-state index in [-0.39, 0.29) is 17.4 Å². The maximum atomic E-state index is 12.0. The van der Waals surface area contributed by atoms with Gasteiger partial charge in [-0.1, -0.05) is 13.8 Å². The van der Waals surface area contributed by atoms with Crippen molar-refractivity contribution in [2.75, 3.05) is 25.0 Å². The fourth-order valence-corrected chi connectivity index (χ4v) is 2.69. The third-order valence-electron chi connectivity index (χ3n) is 3.75. The highest BCUT2D eigenvalue weighted by Crippen LogP contribution is 2.27. The van der Waals surface area contributed by atoms with Crippen molar-refractivity contribution >= 4 is 27.7 Å². The molecular formula is C14H21BrN4O. The molecule has 1 amide bonds. The number of likely N-dealkylation sites (tertiary alicyclic amines) is 1. The average Bonchev–Trinajstić information content (AvgIpc) is 2.36. The van der Waals surface area contributed by atoms with Gasteiger partial charge >= 0.3 is 0 Å². The third kappa shape index (κ3) is 4.01. The van der Waals surface area contributed by atoms with Crippen LogP contribution in [0, 0.1) is 5.41 Å². The number of hydrogen-bond donors (Lipinski definition) is 2. The van der Waals surface area contributed by atoms with Gasteiger partial charge in [-0.25, -0.2) is 4.98 Å². The molecule has 0 bridgehead atoms. The first kappa shape index (κ1) is 15.4. The van der Waals surface area contributed by atoms with Crippen LogP contribution >= 0.6 is 15.9 Å². The van der Waals surface area contributed by atoms with Crippen molar-refractivity contribution in [2.45, 2.75) is 26.3 Å². The Bertz CT molecular complexity index is 475. The summed E-state index contributed by atoms with van der Waals surface area (Å²) in [5, 5.41) is 2.81. The van der Waals surface area contributed by atoms with E-state index in [9.17, 15) is 4.79 Å². The Kier molecular flexibility index (Phi) is 4.78. The van der Waals surface area contributed by atoms with E-state index >= 15 is 0 Å². The molecule has 0 aliphatic carbocycles. The van der Waals surface area contributed by atoms with E-state index in [1.807, 2.05) is 6.07 Å². The number of nitrogens with zero attached hydrogens (tertiary/aromatic N) is 2. The number of hydrogen-bond acceptors (Lipinski definition) is 4. The second-order valence-electron chi connectivity index (χ2n) is 6.00. The lowest BCUT2D eigenvalue weighted by Crippen LogP contribution is -2.53. The Balaban J connectivity index is 1.87. The minimum atomic E-state index is -0.0360. The SMILES string of the molecule is CC1(C)CN(CC(=O)Nc2ccc(Br)cn2)CCC1N. The molecule has 1 aromatic heterocycles. The van der Waals surface area contributed by atoms with Crippen LogP contribution in [0.4, 0.5) is 5.82 Å². The van der Waals surface area contributed by atoms with E-state index < -0.39 is 0 Å². The van der Waals surface area contributed by atoms with E-state index in [2.05, 4.69) is 45.0 Å². The van der Waals surface area contributed by atoms with E-state index in [0.717, 1.165) is 24.0 Å². The summed E-state index contributed by atoms with van der Waals surface area (Å²) in [7, 11) is 0. The lowest BCUT2D eigenvalue weighted by molar-refractivity contribution is -0.118. The number of piperidine rings is 1. The molecule has 1 fully saturated rings. The highest BCUT2D eigenvalue weighted by molar-refractivity contribution is 9.10. The van der Waals surface area contributed by atoms with E-state index in [1.54, 1.807) is 12.3 Å². The molecule has 0 spiro atoms. The van der Waals surface area contributed by atoms with Gasteiger partial charge in [0.1, 0.15) is 5.82 Å². The molecule has 0 radical (unpaired) electrons.